The Bertz CT molecular complexity index is 3280. The molecule has 6 aromatic carbocycles. The molecule has 5 aromatic heterocycles. The molecule has 5 nitrogen and oxygen atoms in total. The van der Waals surface area contributed by atoms with Crippen molar-refractivity contribution < 1.29 is 28.9 Å². The first-order chi connectivity index (χ1) is 28.3. The van der Waals surface area contributed by atoms with Gasteiger partial charge >= 0.3 is 99.8 Å². The molecule has 0 spiro atoms. The molecule has 0 saturated carbocycles. The second kappa shape index (κ2) is 15.8. The van der Waals surface area contributed by atoms with Gasteiger partial charge in [-0.1, -0.05) is 82.7 Å². The first-order valence-corrected chi connectivity index (χ1v) is 27.3. The maximum absolute atomic E-state index is 13.8. The minimum absolute atomic E-state index is 0. The number of para-hydroxylation sites is 4. The number of pyridine rings is 2. The number of hydrogen-bond acceptors (Lipinski definition) is 5. The van der Waals surface area contributed by atoms with Gasteiger partial charge in [-0.05, 0) is 47.2 Å². The second-order valence-corrected chi connectivity index (χ2v) is 26.9. The number of fused-ring (bicyclic) bond motifs is 7. The van der Waals surface area contributed by atoms with Gasteiger partial charge in [-0.15, -0.1) is 12.1 Å². The molecular formula is C50H35FGeIrN4OS-2. The van der Waals surface area contributed by atoms with Gasteiger partial charge in [0.25, 0.3) is 0 Å². The third-order valence-electron chi connectivity index (χ3n) is 10.5. The Morgan fingerprint density at radius 3 is 2.31 bits per heavy atom. The molecule has 0 N–H and O–H groups in total. The maximum atomic E-state index is 13.8. The van der Waals surface area contributed by atoms with Gasteiger partial charge in [0, 0.05) is 42.5 Å². The predicted molar refractivity (Wildman–Crippen MR) is 240 cm³/mol. The average Bonchev–Trinajstić information content (AvgIpc) is 3.96. The molecule has 1 radical (unpaired) electrons. The summed E-state index contributed by atoms with van der Waals surface area (Å²) in [6.45, 7) is 0. The molecule has 59 heavy (non-hydrogen) atoms. The van der Waals surface area contributed by atoms with Crippen molar-refractivity contribution in [2.24, 2.45) is 0 Å². The molecule has 0 aliphatic heterocycles. The normalized spacial score (nSPS) is 11.6. The van der Waals surface area contributed by atoms with Crippen LogP contribution in [-0.4, -0.2) is 32.8 Å². The van der Waals surface area contributed by atoms with Crippen molar-refractivity contribution in [3.8, 4) is 39.5 Å². The Morgan fingerprint density at radius 2 is 1.51 bits per heavy atom. The molecule has 0 aliphatic rings. The van der Waals surface area contributed by atoms with Crippen molar-refractivity contribution in [3.63, 3.8) is 0 Å². The van der Waals surface area contributed by atoms with E-state index in [1.807, 2.05) is 97.3 Å². The molecule has 0 bridgehead atoms. The molecule has 5 heterocycles. The summed E-state index contributed by atoms with van der Waals surface area (Å²) < 4.78 is 25.0. The third-order valence-corrected chi connectivity index (χ3v) is 15.9. The minimum atomic E-state index is -1.72. The Kier molecular flexibility index (Phi) is 10.4. The fourth-order valence-electron chi connectivity index (χ4n) is 7.58. The van der Waals surface area contributed by atoms with Crippen LogP contribution >= 0.6 is 11.3 Å². The zero-order chi connectivity index (χ0) is 39.4. The van der Waals surface area contributed by atoms with Gasteiger partial charge in [0.05, 0.1) is 22.5 Å². The van der Waals surface area contributed by atoms with Gasteiger partial charge in [-0.25, -0.2) is 9.37 Å². The van der Waals surface area contributed by atoms with Crippen molar-refractivity contribution in [2.45, 2.75) is 17.3 Å². The molecule has 0 fully saturated rings. The van der Waals surface area contributed by atoms with Crippen molar-refractivity contribution in [1.29, 1.82) is 0 Å². The van der Waals surface area contributed by atoms with E-state index in [1.54, 1.807) is 11.3 Å². The van der Waals surface area contributed by atoms with E-state index < -0.39 is 13.3 Å². The summed E-state index contributed by atoms with van der Waals surface area (Å²) in [5.41, 5.74) is 9.28. The van der Waals surface area contributed by atoms with Gasteiger partial charge in [0.1, 0.15) is 16.2 Å². The maximum Gasteiger partial charge on any atom is 0 e. The van der Waals surface area contributed by atoms with Crippen LogP contribution in [0.3, 0.4) is 0 Å². The van der Waals surface area contributed by atoms with E-state index in [4.69, 9.17) is 14.4 Å². The number of imidazole rings is 1. The van der Waals surface area contributed by atoms with Gasteiger partial charge in [0.2, 0.25) is 0 Å². The van der Waals surface area contributed by atoms with Crippen molar-refractivity contribution in [3.05, 3.63) is 176 Å². The number of thiophene rings is 1. The van der Waals surface area contributed by atoms with Gasteiger partial charge in [0.15, 0.2) is 5.58 Å². The number of halogens is 1. The zero-order valence-electron chi connectivity index (χ0n) is 32.3. The first kappa shape index (κ1) is 38.7. The van der Waals surface area contributed by atoms with E-state index >= 15 is 0 Å². The van der Waals surface area contributed by atoms with Crippen LogP contribution in [0.5, 0.6) is 0 Å². The smallest absolute Gasteiger partial charge is 0 e. The third kappa shape index (κ3) is 7.10. The average molecular weight is 1020 g/mol. The van der Waals surface area contributed by atoms with E-state index in [0.29, 0.717) is 0 Å². The molecular weight excluding hydrogens is 988 g/mol. The monoisotopic (exact) mass is 1030 g/mol. The Balaban J connectivity index is 0.000000224. The second-order valence-electron chi connectivity index (χ2n) is 15.2. The molecule has 9 heteroatoms. The van der Waals surface area contributed by atoms with E-state index in [0.717, 1.165) is 92.7 Å². The Morgan fingerprint density at radius 1 is 0.729 bits per heavy atom. The zero-order valence-corrected chi connectivity index (χ0v) is 37.6. The van der Waals surface area contributed by atoms with Crippen molar-refractivity contribution in [2.75, 3.05) is 0 Å². The van der Waals surface area contributed by atoms with E-state index in [-0.39, 0.29) is 25.9 Å². The fourth-order valence-corrected chi connectivity index (χ4v) is 10.9. The van der Waals surface area contributed by atoms with Crippen LogP contribution in [0.15, 0.2) is 162 Å². The summed E-state index contributed by atoms with van der Waals surface area (Å²) >= 11 is -0.0928. The summed E-state index contributed by atoms with van der Waals surface area (Å²) in [6.07, 6.45) is 3.85. The van der Waals surface area contributed by atoms with Crippen LogP contribution < -0.4 is 4.40 Å². The standard InChI is InChI=1S/C36H19FN3OS.C14H16GeN.Ir/c37-22-16-14-21(15-17-22)23-18-19-27(34-32(23)26-9-6-20-38-36(26)42-34)35-39-28-10-2-3-11-29(28)40(35)30-12-5-8-25-24-7-1-4-13-31(24)41-33(25)30;1-15(2,3)13-9-10-14(16-11-13)12-7-5-4-6-8-12;/h1-18,20H;4-7,9-11H,1-3H3;/q2*-1;. The summed E-state index contributed by atoms with van der Waals surface area (Å²) in [6, 6.07) is 54.3. The van der Waals surface area contributed by atoms with Gasteiger partial charge < -0.3 is 8.98 Å². The SMILES string of the molecule is Fc1ccc(-c2c[c-]c(-c3nc4ccccc4n3-c3cccc4c3oc3ccccc34)c3sc4ncccc4c23)cc1.[CH3][Ge]([CH3])([CH3])[c]1ccc(-c2[c-]cccc2)nc1.[Ir]. The molecule has 0 unspecified atom stereocenters. The molecule has 0 amide bonds. The van der Waals surface area contributed by atoms with E-state index in [9.17, 15) is 4.39 Å². The molecule has 0 aliphatic carbocycles. The van der Waals surface area contributed by atoms with Crippen LogP contribution in [-0.2, 0) is 20.1 Å². The number of nitrogens with zero attached hydrogens (tertiary/aromatic N) is 4. The number of rotatable bonds is 5. The molecule has 289 valence electrons. The van der Waals surface area contributed by atoms with Crippen molar-refractivity contribution in [1.82, 2.24) is 19.5 Å². The number of aromatic nitrogens is 4. The first-order valence-electron chi connectivity index (χ1n) is 19.1. The summed E-state index contributed by atoms with van der Waals surface area (Å²) in [4.78, 5) is 15.3. The van der Waals surface area contributed by atoms with Crippen LogP contribution in [0.1, 0.15) is 0 Å². The summed E-state index contributed by atoms with van der Waals surface area (Å²) in [7, 11) is 0. The van der Waals surface area contributed by atoms with Crippen molar-refractivity contribution >= 4 is 82.3 Å². The molecule has 0 atom stereocenters. The number of benzene rings is 6. The van der Waals surface area contributed by atoms with Gasteiger partial charge in [-0.3, -0.25) is 4.98 Å². The van der Waals surface area contributed by atoms with Gasteiger partial charge in [-0.2, -0.15) is 11.3 Å². The summed E-state index contributed by atoms with van der Waals surface area (Å²) in [5, 5.41) is 4.24. The summed E-state index contributed by atoms with van der Waals surface area (Å²) in [5.74, 6) is 7.65. The molecule has 11 rings (SSSR count). The van der Waals surface area contributed by atoms with Crippen LogP contribution in [0.2, 0.25) is 17.3 Å². The number of hydrogen-bond donors (Lipinski definition) is 0. The number of furan rings is 1. The Hall–Kier alpha value is -5.77. The van der Waals surface area contributed by atoms with E-state index in [2.05, 4.69) is 87.5 Å². The largest absolute Gasteiger partial charge is 0 e. The van der Waals surface area contributed by atoms with Crippen LogP contribution in [0.4, 0.5) is 4.39 Å². The topological polar surface area (TPSA) is 56.7 Å². The Labute approximate surface area is 360 Å². The molecule has 0 saturated heterocycles. The minimum Gasteiger partial charge on any atom is 0 e. The predicted octanol–water partition coefficient (Wildman–Crippen LogP) is 13.1. The van der Waals surface area contributed by atoms with Crippen LogP contribution in [0, 0.1) is 17.9 Å². The quantitative estimate of drug-likeness (QED) is 0.127. The van der Waals surface area contributed by atoms with Crippen LogP contribution in [0.25, 0.3) is 92.7 Å². The fraction of sp³-hybridized carbons (Fsp3) is 0.0600. The molecule has 11 aromatic rings. The van der Waals surface area contributed by atoms with E-state index in [1.165, 1.54) is 16.5 Å².